The zero-order chi connectivity index (χ0) is 14.5. The maximum Gasteiger partial charge on any atom is 0.343 e. The molecule has 2 rings (SSSR count). The van der Waals surface area contributed by atoms with Crippen molar-refractivity contribution in [3.63, 3.8) is 0 Å². The minimum atomic E-state index is -0.476. The van der Waals surface area contributed by atoms with Crippen molar-refractivity contribution in [1.82, 2.24) is 0 Å². The van der Waals surface area contributed by atoms with Gasteiger partial charge in [0.25, 0.3) is 0 Å². The van der Waals surface area contributed by atoms with E-state index < -0.39 is 5.97 Å². The van der Waals surface area contributed by atoms with Crippen LogP contribution < -0.4 is 4.74 Å². The van der Waals surface area contributed by atoms with E-state index in [1.165, 1.54) is 11.6 Å². The molecule has 0 aliphatic heterocycles. The van der Waals surface area contributed by atoms with E-state index in [9.17, 15) is 9.18 Å². The van der Waals surface area contributed by atoms with Crippen LogP contribution in [0.25, 0.3) is 0 Å². The molecular formula is C17H17FO2. The van der Waals surface area contributed by atoms with E-state index in [4.69, 9.17) is 4.74 Å². The number of halogens is 1. The summed E-state index contributed by atoms with van der Waals surface area (Å²) < 4.78 is 18.5. The Morgan fingerprint density at radius 1 is 1.15 bits per heavy atom. The van der Waals surface area contributed by atoms with Gasteiger partial charge in [0.1, 0.15) is 11.6 Å². The summed E-state index contributed by atoms with van der Waals surface area (Å²) in [7, 11) is 0. The number of ether oxygens (including phenoxy) is 1. The number of aryl methyl sites for hydroxylation is 2. The van der Waals surface area contributed by atoms with Crippen molar-refractivity contribution in [3.05, 3.63) is 65.0 Å². The Balaban J connectivity index is 2.09. The van der Waals surface area contributed by atoms with Gasteiger partial charge in [0.15, 0.2) is 0 Å². The molecule has 104 valence electrons. The molecule has 0 heterocycles. The molecule has 0 saturated heterocycles. The molecule has 0 spiro atoms. The van der Waals surface area contributed by atoms with Crippen molar-refractivity contribution in [1.29, 1.82) is 0 Å². The van der Waals surface area contributed by atoms with Gasteiger partial charge < -0.3 is 4.74 Å². The van der Waals surface area contributed by atoms with E-state index in [1.807, 2.05) is 12.1 Å². The highest BCUT2D eigenvalue weighted by molar-refractivity contribution is 5.91. The van der Waals surface area contributed by atoms with E-state index in [-0.39, 0.29) is 11.6 Å². The zero-order valence-corrected chi connectivity index (χ0v) is 11.7. The van der Waals surface area contributed by atoms with Gasteiger partial charge in [-0.3, -0.25) is 0 Å². The fourth-order valence-corrected chi connectivity index (χ4v) is 1.90. The smallest absolute Gasteiger partial charge is 0.343 e. The summed E-state index contributed by atoms with van der Waals surface area (Å²) in [6.45, 7) is 3.77. The number of rotatable bonds is 4. The van der Waals surface area contributed by atoms with Crippen LogP contribution in [0.5, 0.6) is 5.75 Å². The average molecular weight is 272 g/mol. The average Bonchev–Trinajstić information content (AvgIpc) is 2.44. The third kappa shape index (κ3) is 3.44. The van der Waals surface area contributed by atoms with Crippen molar-refractivity contribution in [3.8, 4) is 5.75 Å². The second-order valence-electron chi connectivity index (χ2n) is 4.75. The molecule has 3 heteroatoms. The molecule has 0 fully saturated rings. The Morgan fingerprint density at radius 3 is 2.45 bits per heavy atom. The number of hydrogen-bond donors (Lipinski definition) is 0. The first-order valence-electron chi connectivity index (χ1n) is 6.67. The van der Waals surface area contributed by atoms with Gasteiger partial charge in [-0.2, -0.15) is 0 Å². The van der Waals surface area contributed by atoms with Crippen molar-refractivity contribution in [2.75, 3.05) is 0 Å². The van der Waals surface area contributed by atoms with Crippen molar-refractivity contribution in [2.45, 2.75) is 26.7 Å². The van der Waals surface area contributed by atoms with Gasteiger partial charge in [-0.05, 0) is 42.7 Å². The Morgan fingerprint density at radius 2 is 1.85 bits per heavy atom. The summed E-state index contributed by atoms with van der Waals surface area (Å²) in [4.78, 5) is 11.9. The monoisotopic (exact) mass is 272 g/mol. The first kappa shape index (κ1) is 14.3. The van der Waals surface area contributed by atoms with Gasteiger partial charge in [-0.25, -0.2) is 9.18 Å². The molecule has 0 aromatic heterocycles. The highest BCUT2D eigenvalue weighted by atomic mass is 19.1. The van der Waals surface area contributed by atoms with E-state index in [0.717, 1.165) is 12.8 Å². The second kappa shape index (κ2) is 6.33. The predicted molar refractivity (Wildman–Crippen MR) is 76.5 cm³/mol. The molecule has 0 N–H and O–H groups in total. The number of carbonyl (C=O) groups is 1. The normalized spacial score (nSPS) is 10.3. The van der Waals surface area contributed by atoms with Crippen molar-refractivity contribution >= 4 is 5.97 Å². The van der Waals surface area contributed by atoms with Crippen molar-refractivity contribution < 1.29 is 13.9 Å². The number of carbonyl (C=O) groups excluding carboxylic acids is 1. The molecule has 2 aromatic rings. The molecule has 0 aliphatic rings. The minimum absolute atomic E-state index is 0.218. The third-order valence-corrected chi connectivity index (χ3v) is 3.08. The van der Waals surface area contributed by atoms with E-state index in [1.54, 1.807) is 31.2 Å². The highest BCUT2D eigenvalue weighted by Gasteiger charge is 2.09. The summed E-state index contributed by atoms with van der Waals surface area (Å²) in [5, 5.41) is 0. The second-order valence-corrected chi connectivity index (χ2v) is 4.75. The van der Waals surface area contributed by atoms with Crippen LogP contribution in [-0.4, -0.2) is 5.97 Å². The van der Waals surface area contributed by atoms with E-state index in [2.05, 4.69) is 6.92 Å². The molecule has 2 nitrogen and oxygen atoms in total. The fraction of sp³-hybridized carbons (Fsp3) is 0.235. The first-order valence-corrected chi connectivity index (χ1v) is 6.67. The lowest BCUT2D eigenvalue weighted by Gasteiger charge is -2.06. The first-order chi connectivity index (χ1) is 9.60. The topological polar surface area (TPSA) is 26.3 Å². The largest absolute Gasteiger partial charge is 0.423 e. The standard InChI is InChI=1S/C17H17FO2/c1-3-4-13-6-8-14(9-7-13)17(19)20-15-10-5-12(2)16(18)11-15/h5-11H,3-4H2,1-2H3. The Kier molecular flexibility index (Phi) is 4.51. The number of benzene rings is 2. The summed E-state index contributed by atoms with van der Waals surface area (Å²) in [6.07, 6.45) is 2.05. The van der Waals surface area contributed by atoms with Crippen LogP contribution in [0.1, 0.15) is 34.8 Å². The molecule has 20 heavy (non-hydrogen) atoms. The Hall–Kier alpha value is -2.16. The molecule has 0 saturated carbocycles. The zero-order valence-electron chi connectivity index (χ0n) is 11.7. The van der Waals surface area contributed by atoms with Crippen LogP contribution in [-0.2, 0) is 6.42 Å². The summed E-state index contributed by atoms with van der Waals surface area (Å²) in [6, 6.07) is 11.7. The summed E-state index contributed by atoms with van der Waals surface area (Å²) >= 11 is 0. The lowest BCUT2D eigenvalue weighted by atomic mass is 10.1. The molecule has 0 radical (unpaired) electrons. The maximum atomic E-state index is 13.4. The lowest BCUT2D eigenvalue weighted by molar-refractivity contribution is 0.0734. The lowest BCUT2D eigenvalue weighted by Crippen LogP contribution is -2.08. The van der Waals surface area contributed by atoms with E-state index >= 15 is 0 Å². The Bertz CT molecular complexity index is 603. The van der Waals surface area contributed by atoms with Crippen LogP contribution in [0.3, 0.4) is 0 Å². The predicted octanol–water partition coefficient (Wildman–Crippen LogP) is 4.31. The van der Waals surface area contributed by atoms with Crippen LogP contribution in [0, 0.1) is 12.7 Å². The van der Waals surface area contributed by atoms with Crippen molar-refractivity contribution in [2.24, 2.45) is 0 Å². The van der Waals surface area contributed by atoms with E-state index in [0.29, 0.717) is 11.1 Å². The molecule has 0 atom stereocenters. The summed E-state index contributed by atoms with van der Waals surface area (Å²) in [5.41, 5.74) is 2.17. The summed E-state index contributed by atoms with van der Waals surface area (Å²) in [5.74, 6) is -0.638. The van der Waals surface area contributed by atoms with Gasteiger partial charge in [-0.1, -0.05) is 31.5 Å². The molecule has 2 aromatic carbocycles. The minimum Gasteiger partial charge on any atom is -0.423 e. The maximum absolute atomic E-state index is 13.4. The van der Waals surface area contributed by atoms with Gasteiger partial charge in [0, 0.05) is 6.07 Å². The van der Waals surface area contributed by atoms with Crippen LogP contribution in [0.2, 0.25) is 0 Å². The quantitative estimate of drug-likeness (QED) is 0.612. The molecule has 0 amide bonds. The molecular weight excluding hydrogens is 255 g/mol. The third-order valence-electron chi connectivity index (χ3n) is 3.08. The fourth-order valence-electron chi connectivity index (χ4n) is 1.90. The van der Waals surface area contributed by atoms with Gasteiger partial charge in [0.2, 0.25) is 0 Å². The van der Waals surface area contributed by atoms with Gasteiger partial charge in [-0.15, -0.1) is 0 Å². The van der Waals surface area contributed by atoms with Gasteiger partial charge in [0.05, 0.1) is 5.56 Å². The molecule has 0 unspecified atom stereocenters. The molecule has 0 bridgehead atoms. The van der Waals surface area contributed by atoms with Crippen LogP contribution in [0.4, 0.5) is 4.39 Å². The van der Waals surface area contributed by atoms with Gasteiger partial charge >= 0.3 is 5.97 Å². The Labute approximate surface area is 118 Å². The SMILES string of the molecule is CCCc1ccc(C(=O)Oc2ccc(C)c(F)c2)cc1. The van der Waals surface area contributed by atoms with Crippen LogP contribution >= 0.6 is 0 Å². The van der Waals surface area contributed by atoms with Crippen LogP contribution in [0.15, 0.2) is 42.5 Å². The highest BCUT2D eigenvalue weighted by Crippen LogP contribution is 2.17. The number of hydrogen-bond acceptors (Lipinski definition) is 2. The number of esters is 1. The molecule has 0 aliphatic carbocycles.